The zero-order valence-electron chi connectivity index (χ0n) is 14.3. The van der Waals surface area contributed by atoms with Gasteiger partial charge in [-0.3, -0.25) is 9.89 Å². The molecule has 3 aromatic rings. The van der Waals surface area contributed by atoms with E-state index in [0.717, 1.165) is 41.0 Å². The van der Waals surface area contributed by atoms with Gasteiger partial charge >= 0.3 is 0 Å². The summed E-state index contributed by atoms with van der Waals surface area (Å²) in [6.45, 7) is 0.375. The Morgan fingerprint density at radius 2 is 2.12 bits per heavy atom. The van der Waals surface area contributed by atoms with Crippen molar-refractivity contribution in [3.8, 4) is 17.0 Å². The molecule has 0 spiro atoms. The van der Waals surface area contributed by atoms with Crippen molar-refractivity contribution in [3.63, 3.8) is 0 Å². The van der Waals surface area contributed by atoms with E-state index in [4.69, 9.17) is 16.3 Å². The van der Waals surface area contributed by atoms with Gasteiger partial charge in [-0.15, -0.1) is 0 Å². The van der Waals surface area contributed by atoms with Gasteiger partial charge in [-0.05, 0) is 48.2 Å². The lowest BCUT2D eigenvalue weighted by Gasteiger charge is -2.17. The molecule has 1 aliphatic carbocycles. The highest BCUT2D eigenvalue weighted by atomic mass is 35.5. The first-order valence-corrected chi connectivity index (χ1v) is 8.81. The zero-order chi connectivity index (χ0) is 18.1. The summed E-state index contributed by atoms with van der Waals surface area (Å²) in [4.78, 5) is 12.6. The largest absolute Gasteiger partial charge is 0.497 e. The number of aromatic nitrogens is 2. The van der Waals surface area contributed by atoms with Crippen molar-refractivity contribution in [1.82, 2.24) is 15.5 Å². The molecule has 0 saturated carbocycles. The lowest BCUT2D eigenvalue weighted by Crippen LogP contribution is -2.24. The smallest absolute Gasteiger partial charge is 0.269 e. The van der Waals surface area contributed by atoms with Crippen LogP contribution in [0, 0.1) is 0 Å². The molecule has 1 heterocycles. The number of aromatic amines is 1. The Morgan fingerprint density at radius 3 is 2.92 bits per heavy atom. The van der Waals surface area contributed by atoms with E-state index in [2.05, 4.69) is 15.5 Å². The third-order valence-corrected chi connectivity index (χ3v) is 5.07. The van der Waals surface area contributed by atoms with Crippen LogP contribution in [0.15, 0.2) is 42.5 Å². The number of aryl methyl sites for hydroxylation is 1. The van der Waals surface area contributed by atoms with Gasteiger partial charge in [-0.2, -0.15) is 5.10 Å². The van der Waals surface area contributed by atoms with E-state index in [1.165, 1.54) is 5.56 Å². The number of hydrogen-bond acceptors (Lipinski definition) is 3. The summed E-state index contributed by atoms with van der Waals surface area (Å²) in [6, 6.07) is 13.4. The molecule has 6 heteroatoms. The van der Waals surface area contributed by atoms with Gasteiger partial charge in [0.05, 0.1) is 12.8 Å². The lowest BCUT2D eigenvalue weighted by atomic mass is 9.89. The summed E-state index contributed by atoms with van der Waals surface area (Å²) in [6.07, 6.45) is 1.62. The predicted molar refractivity (Wildman–Crippen MR) is 101 cm³/mol. The van der Waals surface area contributed by atoms with E-state index in [9.17, 15) is 4.79 Å². The molecule has 0 aliphatic heterocycles. The zero-order valence-corrected chi connectivity index (χ0v) is 15.1. The van der Waals surface area contributed by atoms with Crippen LogP contribution >= 0.6 is 11.6 Å². The van der Waals surface area contributed by atoms with E-state index in [-0.39, 0.29) is 5.91 Å². The maximum atomic E-state index is 12.6. The van der Waals surface area contributed by atoms with Gasteiger partial charge in [0.15, 0.2) is 0 Å². The van der Waals surface area contributed by atoms with Gasteiger partial charge in [-0.25, -0.2) is 0 Å². The number of methoxy groups -OCH3 is 1. The number of H-pyrrole nitrogens is 1. The van der Waals surface area contributed by atoms with Gasteiger partial charge in [0.25, 0.3) is 5.91 Å². The fraction of sp³-hybridized carbons (Fsp3) is 0.200. The third-order valence-electron chi connectivity index (χ3n) is 4.70. The molecule has 0 atom stereocenters. The molecule has 0 saturated heterocycles. The van der Waals surface area contributed by atoms with Crippen LogP contribution < -0.4 is 10.1 Å². The number of amides is 1. The number of carbonyl (C=O) groups is 1. The van der Waals surface area contributed by atoms with E-state index < -0.39 is 0 Å². The average Bonchev–Trinajstić information content (AvgIpc) is 3.11. The highest BCUT2D eigenvalue weighted by Gasteiger charge is 2.25. The number of carbonyl (C=O) groups excluding carboxylic acids is 1. The summed E-state index contributed by atoms with van der Waals surface area (Å²) >= 11 is 6.15. The van der Waals surface area contributed by atoms with Crippen LogP contribution in [0.1, 0.15) is 27.2 Å². The maximum Gasteiger partial charge on any atom is 0.269 e. The second kappa shape index (κ2) is 6.84. The molecule has 0 fully saturated rings. The van der Waals surface area contributed by atoms with Crippen LogP contribution in [-0.2, 0) is 19.4 Å². The minimum absolute atomic E-state index is 0.171. The molecule has 2 N–H and O–H groups in total. The van der Waals surface area contributed by atoms with Crippen molar-refractivity contribution in [2.45, 2.75) is 19.4 Å². The molecule has 0 unspecified atom stereocenters. The van der Waals surface area contributed by atoms with E-state index in [1.807, 2.05) is 42.5 Å². The minimum Gasteiger partial charge on any atom is -0.497 e. The predicted octanol–water partition coefficient (Wildman–Crippen LogP) is 3.77. The first-order chi connectivity index (χ1) is 12.7. The number of halogens is 1. The molecule has 4 rings (SSSR count). The standard InChI is InChI=1S/C20H18ClN3O2/c1-26-14-7-9-15-12(10-14)6-8-16-18(15)23-24-19(16)20(25)22-11-13-4-2-3-5-17(13)21/h2-5,7,9-10H,6,8,11H2,1H3,(H,22,25)(H,23,24). The molecule has 2 aromatic carbocycles. The Hall–Kier alpha value is -2.79. The summed E-state index contributed by atoms with van der Waals surface area (Å²) in [5.41, 5.74) is 5.44. The number of nitrogens with zero attached hydrogens (tertiary/aromatic N) is 1. The SMILES string of the molecule is COc1ccc2c(c1)CCc1c-2n[nH]c1C(=O)NCc1ccccc1Cl. The summed E-state index contributed by atoms with van der Waals surface area (Å²) < 4.78 is 5.29. The first kappa shape index (κ1) is 16.7. The van der Waals surface area contributed by atoms with Gasteiger partial charge in [-0.1, -0.05) is 29.8 Å². The van der Waals surface area contributed by atoms with Crippen LogP contribution in [0.4, 0.5) is 0 Å². The van der Waals surface area contributed by atoms with E-state index in [0.29, 0.717) is 17.3 Å². The van der Waals surface area contributed by atoms with Gasteiger partial charge in [0, 0.05) is 22.7 Å². The van der Waals surface area contributed by atoms with Crippen molar-refractivity contribution in [1.29, 1.82) is 0 Å². The molecule has 1 aromatic heterocycles. The molecule has 0 radical (unpaired) electrons. The number of hydrogen-bond donors (Lipinski definition) is 2. The minimum atomic E-state index is -0.171. The van der Waals surface area contributed by atoms with E-state index in [1.54, 1.807) is 7.11 Å². The Kier molecular flexibility index (Phi) is 4.39. The quantitative estimate of drug-likeness (QED) is 0.737. The number of fused-ring (bicyclic) bond motifs is 3. The van der Waals surface area contributed by atoms with E-state index >= 15 is 0 Å². The number of rotatable bonds is 4. The van der Waals surface area contributed by atoms with Crippen LogP contribution in [0.5, 0.6) is 5.75 Å². The van der Waals surface area contributed by atoms with Crippen molar-refractivity contribution < 1.29 is 9.53 Å². The molecule has 5 nitrogen and oxygen atoms in total. The number of ether oxygens (including phenoxy) is 1. The molecule has 1 amide bonds. The van der Waals surface area contributed by atoms with Gasteiger partial charge in [0.2, 0.25) is 0 Å². The first-order valence-electron chi connectivity index (χ1n) is 8.43. The van der Waals surface area contributed by atoms with Gasteiger partial charge in [0.1, 0.15) is 11.4 Å². The van der Waals surface area contributed by atoms with Crippen LogP contribution in [0.3, 0.4) is 0 Å². The maximum absolute atomic E-state index is 12.6. The van der Waals surface area contributed by atoms with Crippen molar-refractivity contribution in [2.75, 3.05) is 7.11 Å². The topological polar surface area (TPSA) is 67.0 Å². The lowest BCUT2D eigenvalue weighted by molar-refractivity contribution is 0.0945. The summed E-state index contributed by atoms with van der Waals surface area (Å²) in [5, 5.41) is 10.9. The summed E-state index contributed by atoms with van der Waals surface area (Å²) in [5.74, 6) is 0.663. The normalized spacial score (nSPS) is 12.2. The second-order valence-corrected chi connectivity index (χ2v) is 6.63. The van der Waals surface area contributed by atoms with Crippen molar-refractivity contribution in [3.05, 3.63) is 69.9 Å². The summed E-state index contributed by atoms with van der Waals surface area (Å²) in [7, 11) is 1.66. The van der Waals surface area contributed by atoms with Crippen LogP contribution in [-0.4, -0.2) is 23.2 Å². The number of benzene rings is 2. The Labute approximate surface area is 156 Å². The van der Waals surface area contributed by atoms with Crippen molar-refractivity contribution in [2.24, 2.45) is 0 Å². The fourth-order valence-corrected chi connectivity index (χ4v) is 3.52. The molecule has 0 bridgehead atoms. The molecule has 132 valence electrons. The fourth-order valence-electron chi connectivity index (χ4n) is 3.32. The third kappa shape index (κ3) is 2.95. The molecular formula is C20H18ClN3O2. The van der Waals surface area contributed by atoms with Gasteiger partial charge < -0.3 is 10.1 Å². The number of nitrogens with one attached hydrogen (secondary N) is 2. The monoisotopic (exact) mass is 367 g/mol. The molecular weight excluding hydrogens is 350 g/mol. The van der Waals surface area contributed by atoms with Crippen LogP contribution in [0.2, 0.25) is 5.02 Å². The Balaban J connectivity index is 1.57. The highest BCUT2D eigenvalue weighted by molar-refractivity contribution is 6.31. The second-order valence-electron chi connectivity index (χ2n) is 6.22. The van der Waals surface area contributed by atoms with Crippen molar-refractivity contribution >= 4 is 17.5 Å². The molecule has 1 aliphatic rings. The average molecular weight is 368 g/mol. The van der Waals surface area contributed by atoms with Crippen LogP contribution in [0.25, 0.3) is 11.3 Å². The Bertz CT molecular complexity index is 981. The molecule has 26 heavy (non-hydrogen) atoms. The highest BCUT2D eigenvalue weighted by Crippen LogP contribution is 2.35. The Morgan fingerprint density at radius 1 is 1.27 bits per heavy atom.